The van der Waals surface area contributed by atoms with Crippen LogP contribution in [0.3, 0.4) is 0 Å². The Morgan fingerprint density at radius 3 is 2.91 bits per heavy atom. The number of halogens is 1. The van der Waals surface area contributed by atoms with Gasteiger partial charge in [-0.3, -0.25) is 9.78 Å². The van der Waals surface area contributed by atoms with Gasteiger partial charge in [-0.15, -0.1) is 0 Å². The SMILES string of the molecule is O=CC(Br)c1c[nH]c(=O)cn1. The molecule has 0 aromatic carbocycles. The van der Waals surface area contributed by atoms with Gasteiger partial charge in [-0.1, -0.05) is 15.9 Å². The number of hydrogen-bond donors (Lipinski definition) is 1. The number of carbonyl (C=O) groups is 1. The highest BCUT2D eigenvalue weighted by atomic mass is 79.9. The number of carbonyl (C=O) groups excluding carboxylic acids is 1. The quantitative estimate of drug-likeness (QED) is 0.576. The summed E-state index contributed by atoms with van der Waals surface area (Å²) < 4.78 is 0. The highest BCUT2D eigenvalue weighted by molar-refractivity contribution is 9.09. The Balaban J connectivity index is 2.98. The Morgan fingerprint density at radius 2 is 2.45 bits per heavy atom. The molecule has 1 atom stereocenters. The van der Waals surface area contributed by atoms with E-state index in [0.717, 1.165) is 6.20 Å². The third-order valence-corrected chi connectivity index (χ3v) is 1.78. The van der Waals surface area contributed by atoms with Crippen molar-refractivity contribution in [1.29, 1.82) is 0 Å². The first kappa shape index (κ1) is 8.13. The molecular formula is C6H5BrN2O2. The van der Waals surface area contributed by atoms with Crippen molar-refractivity contribution < 1.29 is 4.79 Å². The van der Waals surface area contributed by atoms with Crippen LogP contribution in [-0.4, -0.2) is 16.3 Å². The number of alkyl halides is 1. The maximum Gasteiger partial charge on any atom is 0.266 e. The van der Waals surface area contributed by atoms with Gasteiger partial charge >= 0.3 is 0 Å². The molecule has 0 saturated heterocycles. The van der Waals surface area contributed by atoms with Crippen LogP contribution in [0.1, 0.15) is 10.5 Å². The molecule has 1 heterocycles. The summed E-state index contributed by atoms with van der Waals surface area (Å²) in [5.74, 6) is 0. The normalized spacial score (nSPS) is 12.5. The van der Waals surface area contributed by atoms with Crippen LogP contribution < -0.4 is 5.56 Å². The summed E-state index contributed by atoms with van der Waals surface area (Å²) in [5, 5.41) is 0. The Bertz CT molecular complexity index is 289. The van der Waals surface area contributed by atoms with E-state index < -0.39 is 4.83 Å². The number of nitrogens with one attached hydrogen (secondary N) is 1. The molecule has 1 rings (SSSR count). The summed E-state index contributed by atoms with van der Waals surface area (Å²) >= 11 is 3.06. The van der Waals surface area contributed by atoms with Crippen LogP contribution in [0, 0.1) is 0 Å². The predicted octanol–water partition coefficient (Wildman–Crippen LogP) is 0.405. The first-order valence-corrected chi connectivity index (χ1v) is 3.79. The third-order valence-electron chi connectivity index (χ3n) is 1.10. The fourth-order valence-corrected chi connectivity index (χ4v) is 0.824. The molecule has 58 valence electrons. The van der Waals surface area contributed by atoms with E-state index in [0.29, 0.717) is 12.0 Å². The molecule has 0 radical (unpaired) electrons. The van der Waals surface area contributed by atoms with Crippen LogP contribution in [0.5, 0.6) is 0 Å². The summed E-state index contributed by atoms with van der Waals surface area (Å²) in [6.45, 7) is 0. The van der Waals surface area contributed by atoms with Gasteiger partial charge in [-0.2, -0.15) is 0 Å². The maximum atomic E-state index is 10.5. The fraction of sp³-hybridized carbons (Fsp3) is 0.167. The van der Waals surface area contributed by atoms with Gasteiger partial charge in [-0.25, -0.2) is 0 Å². The van der Waals surface area contributed by atoms with Gasteiger partial charge in [0.25, 0.3) is 5.56 Å². The third kappa shape index (κ3) is 1.98. The van der Waals surface area contributed by atoms with E-state index in [9.17, 15) is 9.59 Å². The van der Waals surface area contributed by atoms with Gasteiger partial charge in [0.05, 0.1) is 11.9 Å². The molecule has 1 aromatic heterocycles. The lowest BCUT2D eigenvalue weighted by Gasteiger charge is -1.97. The van der Waals surface area contributed by atoms with Crippen molar-refractivity contribution in [3.05, 3.63) is 28.4 Å². The van der Waals surface area contributed by atoms with Gasteiger partial charge in [-0.05, 0) is 0 Å². The Kier molecular flexibility index (Phi) is 2.53. The molecule has 1 unspecified atom stereocenters. The molecule has 5 heteroatoms. The lowest BCUT2D eigenvalue weighted by molar-refractivity contribution is -0.107. The Morgan fingerprint density at radius 1 is 1.73 bits per heavy atom. The first-order chi connectivity index (χ1) is 5.24. The van der Waals surface area contributed by atoms with E-state index in [2.05, 4.69) is 25.9 Å². The lowest BCUT2D eigenvalue weighted by atomic mass is 10.3. The largest absolute Gasteiger partial charge is 0.326 e. The monoisotopic (exact) mass is 216 g/mol. The number of aldehydes is 1. The van der Waals surface area contributed by atoms with Crippen molar-refractivity contribution in [2.24, 2.45) is 0 Å². The minimum Gasteiger partial charge on any atom is -0.326 e. The van der Waals surface area contributed by atoms with Gasteiger partial charge < -0.3 is 9.78 Å². The zero-order valence-electron chi connectivity index (χ0n) is 5.45. The zero-order valence-corrected chi connectivity index (χ0v) is 7.04. The molecule has 0 aliphatic rings. The van der Waals surface area contributed by atoms with E-state index in [1.165, 1.54) is 6.20 Å². The lowest BCUT2D eigenvalue weighted by Crippen LogP contribution is -2.07. The van der Waals surface area contributed by atoms with Gasteiger partial charge in [0, 0.05) is 6.20 Å². The highest BCUT2D eigenvalue weighted by Crippen LogP contribution is 2.14. The highest BCUT2D eigenvalue weighted by Gasteiger charge is 2.05. The smallest absolute Gasteiger partial charge is 0.266 e. The number of nitrogens with zero attached hydrogens (tertiary/aromatic N) is 1. The van der Waals surface area contributed by atoms with E-state index >= 15 is 0 Å². The van der Waals surface area contributed by atoms with Crippen LogP contribution in [0.25, 0.3) is 0 Å². The number of aromatic amines is 1. The summed E-state index contributed by atoms with van der Waals surface area (Å²) in [6, 6.07) is 0. The van der Waals surface area contributed by atoms with Crippen molar-refractivity contribution in [3.8, 4) is 0 Å². The summed E-state index contributed by atoms with van der Waals surface area (Å²) in [5.41, 5.74) is 0.221. The van der Waals surface area contributed by atoms with Crippen molar-refractivity contribution in [2.45, 2.75) is 4.83 Å². The van der Waals surface area contributed by atoms with E-state index in [-0.39, 0.29) is 5.56 Å². The second kappa shape index (κ2) is 3.43. The van der Waals surface area contributed by atoms with Crippen molar-refractivity contribution >= 4 is 22.2 Å². The molecule has 0 fully saturated rings. The van der Waals surface area contributed by atoms with Crippen LogP contribution in [0.15, 0.2) is 17.2 Å². The van der Waals surface area contributed by atoms with Crippen LogP contribution in [0.2, 0.25) is 0 Å². The average molecular weight is 217 g/mol. The van der Waals surface area contributed by atoms with Gasteiger partial charge in [0.2, 0.25) is 0 Å². The fourth-order valence-electron chi connectivity index (χ4n) is 0.573. The standard InChI is InChI=1S/C6H5BrN2O2/c7-4(3-10)5-1-9-6(11)2-8-5/h1-4H,(H,9,11). The molecular weight excluding hydrogens is 212 g/mol. The zero-order chi connectivity index (χ0) is 8.27. The van der Waals surface area contributed by atoms with Crippen LogP contribution in [0.4, 0.5) is 0 Å². The number of H-pyrrole nitrogens is 1. The second-order valence-electron chi connectivity index (χ2n) is 1.87. The molecule has 0 aliphatic heterocycles. The molecule has 4 nitrogen and oxygen atoms in total. The average Bonchev–Trinajstić information content (AvgIpc) is 2.05. The summed E-state index contributed by atoms with van der Waals surface area (Å²) in [6.07, 6.45) is 3.23. The van der Waals surface area contributed by atoms with Crippen molar-refractivity contribution in [1.82, 2.24) is 9.97 Å². The first-order valence-electron chi connectivity index (χ1n) is 2.88. The Hall–Kier alpha value is -0.970. The van der Waals surface area contributed by atoms with Crippen molar-refractivity contribution in [3.63, 3.8) is 0 Å². The Labute approximate surface area is 70.8 Å². The topological polar surface area (TPSA) is 62.8 Å². The van der Waals surface area contributed by atoms with E-state index in [1.807, 2.05) is 0 Å². The van der Waals surface area contributed by atoms with Gasteiger partial charge in [0.1, 0.15) is 11.1 Å². The molecule has 0 spiro atoms. The van der Waals surface area contributed by atoms with Crippen LogP contribution >= 0.6 is 15.9 Å². The van der Waals surface area contributed by atoms with Crippen molar-refractivity contribution in [2.75, 3.05) is 0 Å². The molecule has 11 heavy (non-hydrogen) atoms. The predicted molar refractivity (Wildman–Crippen MR) is 42.6 cm³/mol. The van der Waals surface area contributed by atoms with E-state index in [4.69, 9.17) is 0 Å². The molecule has 0 aliphatic carbocycles. The molecule has 1 aromatic rings. The summed E-state index contributed by atoms with van der Waals surface area (Å²) in [7, 11) is 0. The maximum absolute atomic E-state index is 10.5. The second-order valence-corrected chi connectivity index (χ2v) is 2.86. The minimum absolute atomic E-state index is 0.278. The van der Waals surface area contributed by atoms with Crippen LogP contribution in [-0.2, 0) is 4.79 Å². The molecule has 0 bridgehead atoms. The number of hydrogen-bond acceptors (Lipinski definition) is 3. The summed E-state index contributed by atoms with van der Waals surface area (Å²) in [4.78, 5) is 26.4. The number of aromatic nitrogens is 2. The molecule has 0 saturated carbocycles. The van der Waals surface area contributed by atoms with E-state index in [1.54, 1.807) is 0 Å². The molecule has 1 N–H and O–H groups in total. The minimum atomic E-state index is -0.445. The van der Waals surface area contributed by atoms with Gasteiger partial charge in [0.15, 0.2) is 0 Å². The molecule has 0 amide bonds. The number of rotatable bonds is 2.